The molecular weight excluding hydrogens is 800 g/mol. The zero-order valence-corrected chi connectivity index (χ0v) is 10.9. The molecule has 0 unspecified atom stereocenters. The van der Waals surface area contributed by atoms with E-state index in [1.807, 2.05) is 0 Å². The molecule has 3 radical (unpaired) electrons. The van der Waals surface area contributed by atoms with Crippen molar-refractivity contribution >= 4 is 0 Å². The zero-order chi connectivity index (χ0) is 0. The summed E-state index contributed by atoms with van der Waals surface area (Å²) in [6, 6.07) is 0. The van der Waals surface area contributed by atoms with Gasteiger partial charge >= 0.3 is 22.4 Å². The van der Waals surface area contributed by atoms with Crippen molar-refractivity contribution in [3.63, 3.8) is 0 Å². The summed E-state index contributed by atoms with van der Waals surface area (Å²) in [6.45, 7) is 0. The van der Waals surface area contributed by atoms with Gasteiger partial charge in [-0.15, -0.1) is 0 Å². The Morgan fingerprint density at radius 3 is 0.600 bits per heavy atom. The molecule has 0 atom stereocenters. The number of rotatable bonds is 0. The molecule has 0 N–H and O–H groups in total. The van der Waals surface area contributed by atoms with Gasteiger partial charge in [-0.25, -0.2) is 0 Å². The van der Waals surface area contributed by atoms with E-state index < -0.39 is 0 Å². The summed E-state index contributed by atoms with van der Waals surface area (Å²) in [5, 5.41) is 0. The fourth-order valence-corrected chi connectivity index (χ4v) is 0. The van der Waals surface area contributed by atoms with Gasteiger partial charge in [0.1, 0.15) is 0 Å². The van der Waals surface area contributed by atoms with Gasteiger partial charge in [-0.2, -0.15) is 0 Å². The molecule has 0 aliphatic rings. The second-order valence-electron chi connectivity index (χ2n) is 0. The summed E-state index contributed by atoms with van der Waals surface area (Å²) in [6.07, 6.45) is 0. The zero-order valence-electron chi connectivity index (χ0n) is 2.21. The predicted octanol–water partition coefficient (Wildman–Crippen LogP) is 0.440. The second kappa shape index (κ2) is 28.2. The summed E-state index contributed by atoms with van der Waals surface area (Å²) < 4.78 is 0. The van der Waals surface area contributed by atoms with E-state index in [-0.39, 0.29) is 96.9 Å². The maximum Gasteiger partial charge on any atom is 1.00 e. The molecule has 0 aromatic heterocycles. The number of hydrogen-bond acceptors (Lipinski definition) is 0. The largest absolute Gasteiger partial charge is 1.00 e. The van der Waals surface area contributed by atoms with Crippen molar-refractivity contribution in [1.29, 1.82) is 0 Å². The topological polar surface area (TPSA) is 0 Å². The van der Waals surface area contributed by atoms with Crippen LogP contribution in [-0.4, -0.2) is 0 Å². The minimum atomic E-state index is 0. The van der Waals surface area contributed by atoms with Gasteiger partial charge in [0.2, 0.25) is 0 Å². The van der Waals surface area contributed by atoms with E-state index in [1.165, 1.54) is 0 Å². The van der Waals surface area contributed by atoms with Gasteiger partial charge in [0.05, 0.1) is 0 Å². The third kappa shape index (κ3) is 19.5. The average molecular weight is 803 g/mol. The van der Waals surface area contributed by atoms with Crippen LogP contribution in [0.1, 0.15) is 0 Å². The molecule has 0 aliphatic heterocycles. The van der Waals surface area contributed by atoms with Crippen molar-refractivity contribution in [2.45, 2.75) is 0 Å². The third-order valence-electron chi connectivity index (χ3n) is 0. The van der Waals surface area contributed by atoms with Crippen LogP contribution in [0.15, 0.2) is 0 Å². The van der Waals surface area contributed by atoms with Crippen LogP contribution in [0.5, 0.6) is 0 Å². The molecule has 0 rings (SSSR count). The predicted molar refractivity (Wildman–Crippen MR) is 6.41 cm³/mol. The van der Waals surface area contributed by atoms with E-state index >= 15 is 0 Å². The summed E-state index contributed by atoms with van der Waals surface area (Å²) in [7, 11) is 0. The normalized spacial score (nSPS) is 0. The summed E-state index contributed by atoms with van der Waals surface area (Å²) in [5.41, 5.74) is 0. The Morgan fingerprint density at radius 1 is 0.600 bits per heavy atom. The van der Waals surface area contributed by atoms with Gasteiger partial charge in [-0.1, -0.05) is 0 Å². The van der Waals surface area contributed by atoms with Crippen molar-refractivity contribution in [3.8, 4) is 0 Å². The van der Waals surface area contributed by atoms with Gasteiger partial charge < -0.3 is 7.43 Å². The molecule has 0 amide bonds. The van der Waals surface area contributed by atoms with Crippen LogP contribution >= 0.6 is 0 Å². The molecule has 0 saturated heterocycles. The molecule has 0 bridgehead atoms. The van der Waals surface area contributed by atoms with Crippen LogP contribution in [0.4, 0.5) is 0 Å². The van der Waals surface area contributed by atoms with Crippen molar-refractivity contribution in [2.24, 2.45) is 0 Å². The van der Waals surface area contributed by atoms with E-state index in [1.54, 1.807) is 0 Å². The van der Waals surface area contributed by atoms with Gasteiger partial charge in [0.15, 0.2) is 0 Å². The molecule has 0 fully saturated rings. The van der Waals surface area contributed by atoms with Gasteiger partial charge in [-0.05, 0) is 0 Å². The molecule has 51 valence electrons. The van der Waals surface area contributed by atoms with Crippen LogP contribution in [-0.2, 0) is 89.5 Å². The Kier molecular flexibility index (Phi) is 248. The summed E-state index contributed by atoms with van der Waals surface area (Å²) >= 11 is 0. The van der Waals surface area contributed by atoms with Gasteiger partial charge in [-0.3, -0.25) is 0 Å². The molecule has 0 spiro atoms. The molecule has 0 aromatic rings. The Labute approximate surface area is 95.3 Å². The fraction of sp³-hybridized carbons (Fsp3) is 0. The first-order valence-corrected chi connectivity index (χ1v) is 0. The van der Waals surface area contributed by atoms with Crippen molar-refractivity contribution in [2.75, 3.05) is 0 Å². The number of hydrogen-bond donors (Lipinski definition) is 0. The standard InChI is InChI=1S/CH3.4Au/h1H3;;;;/q-1;;;;+1. The second-order valence-corrected chi connectivity index (χ2v) is 0. The molecule has 5 heavy (non-hydrogen) atoms. The van der Waals surface area contributed by atoms with Gasteiger partial charge in [0, 0.05) is 67.1 Å². The first-order chi connectivity index (χ1) is 0. The van der Waals surface area contributed by atoms with Crippen LogP contribution < -0.4 is 0 Å². The first-order valence-electron chi connectivity index (χ1n) is 0. The van der Waals surface area contributed by atoms with E-state index in [9.17, 15) is 0 Å². The molecule has 0 aliphatic carbocycles. The van der Waals surface area contributed by atoms with Crippen molar-refractivity contribution in [1.82, 2.24) is 0 Å². The SMILES string of the molecule is [Au+].[Au].[Au].[Au].[CH3-]. The van der Waals surface area contributed by atoms with E-state index in [4.69, 9.17) is 0 Å². The van der Waals surface area contributed by atoms with E-state index in [0.717, 1.165) is 0 Å². The molecule has 0 heterocycles. The minimum absolute atomic E-state index is 0. The first kappa shape index (κ1) is 44.0. The van der Waals surface area contributed by atoms with Crippen LogP contribution in [0.3, 0.4) is 0 Å². The summed E-state index contributed by atoms with van der Waals surface area (Å²) in [4.78, 5) is 0. The molecular formula is CH3Au4. The quantitative estimate of drug-likeness (QED) is 0.247. The maximum absolute atomic E-state index is 0. The molecule has 0 nitrogen and oxygen atoms in total. The maximum atomic E-state index is 0. The monoisotopic (exact) mass is 803 g/mol. The van der Waals surface area contributed by atoms with Gasteiger partial charge in [0.25, 0.3) is 0 Å². The average Bonchev–Trinajstić information content (AvgIpc) is 0. The smallest absolute Gasteiger partial charge is 0.358 e. The molecule has 4 heteroatoms. The minimum Gasteiger partial charge on any atom is -0.358 e. The fourth-order valence-electron chi connectivity index (χ4n) is 0. The third-order valence-corrected chi connectivity index (χ3v) is 0. The van der Waals surface area contributed by atoms with Crippen LogP contribution in [0.2, 0.25) is 0 Å². The Balaban J connectivity index is 0. The van der Waals surface area contributed by atoms with E-state index in [0.29, 0.717) is 0 Å². The van der Waals surface area contributed by atoms with Crippen molar-refractivity contribution < 1.29 is 89.5 Å². The summed E-state index contributed by atoms with van der Waals surface area (Å²) in [5.74, 6) is 0. The Morgan fingerprint density at radius 2 is 0.600 bits per heavy atom. The Bertz CT molecular complexity index is 3.61. The molecule has 0 saturated carbocycles. The van der Waals surface area contributed by atoms with E-state index in [2.05, 4.69) is 0 Å². The van der Waals surface area contributed by atoms with Crippen LogP contribution in [0, 0.1) is 7.43 Å². The van der Waals surface area contributed by atoms with Crippen molar-refractivity contribution in [3.05, 3.63) is 7.43 Å². The van der Waals surface area contributed by atoms with Crippen LogP contribution in [0.25, 0.3) is 0 Å². The molecule has 0 aromatic carbocycles. The Hall–Kier alpha value is 2.96.